The maximum atomic E-state index is 13.1. The summed E-state index contributed by atoms with van der Waals surface area (Å²) in [7, 11) is 0. The van der Waals surface area contributed by atoms with Crippen LogP contribution in [-0.2, 0) is 4.79 Å². The van der Waals surface area contributed by atoms with Gasteiger partial charge in [0.1, 0.15) is 0 Å². The molecule has 2 heterocycles. The average Bonchev–Trinajstić information content (AvgIpc) is 3.30. The predicted octanol–water partition coefficient (Wildman–Crippen LogP) is 4.46. The number of hydrogen-bond acceptors (Lipinski definition) is 5. The number of carbonyl (C=O) groups excluding carboxylic acids is 2. The summed E-state index contributed by atoms with van der Waals surface area (Å²) in [6.07, 6.45) is 5.01. The van der Waals surface area contributed by atoms with Crippen molar-refractivity contribution >= 4 is 11.8 Å². The fourth-order valence-corrected chi connectivity index (χ4v) is 4.45. The molecule has 8 nitrogen and oxygen atoms in total. The van der Waals surface area contributed by atoms with Crippen molar-refractivity contribution in [1.29, 1.82) is 0 Å². The van der Waals surface area contributed by atoms with Crippen LogP contribution in [0.4, 0.5) is 0 Å². The molecule has 1 saturated heterocycles. The van der Waals surface area contributed by atoms with Gasteiger partial charge < -0.3 is 19.7 Å². The summed E-state index contributed by atoms with van der Waals surface area (Å²) in [6, 6.07) is 14.7. The third-order valence-electron chi connectivity index (χ3n) is 6.43. The lowest BCUT2D eigenvalue weighted by Gasteiger charge is -2.26. The second-order valence-electron chi connectivity index (χ2n) is 8.95. The van der Waals surface area contributed by atoms with Gasteiger partial charge in [-0.05, 0) is 70.4 Å². The first kappa shape index (κ1) is 25.3. The van der Waals surface area contributed by atoms with Crippen molar-refractivity contribution in [1.82, 2.24) is 20.0 Å². The molecule has 0 spiro atoms. The highest BCUT2D eigenvalue weighted by atomic mass is 16.5. The van der Waals surface area contributed by atoms with E-state index in [1.807, 2.05) is 60.7 Å². The zero-order valence-corrected chi connectivity index (χ0v) is 21.2. The first-order valence-electron chi connectivity index (χ1n) is 12.6. The first-order valence-corrected chi connectivity index (χ1v) is 12.6. The number of ether oxygens (including phenoxy) is 2. The molecule has 0 saturated carbocycles. The molecule has 1 fully saturated rings. The van der Waals surface area contributed by atoms with Crippen LogP contribution in [0.15, 0.2) is 54.7 Å². The number of carbonyl (C=O) groups is 2. The number of likely N-dealkylation sites (tertiary alicyclic amines) is 1. The average molecular weight is 491 g/mol. The SMILES string of the molecule is CCOc1cc(C(=O)NC(C)c2cnn(-c3ccccc3)c2C)ccc1OCC(=O)N1CCCCC1. The summed E-state index contributed by atoms with van der Waals surface area (Å²) in [5.74, 6) is 0.634. The predicted molar refractivity (Wildman–Crippen MR) is 138 cm³/mol. The van der Waals surface area contributed by atoms with Crippen LogP contribution >= 0.6 is 0 Å². The third kappa shape index (κ3) is 5.87. The summed E-state index contributed by atoms with van der Waals surface area (Å²) in [5, 5.41) is 7.55. The van der Waals surface area contributed by atoms with E-state index in [-0.39, 0.29) is 24.5 Å². The molecule has 2 amide bonds. The number of para-hydroxylation sites is 1. The Bertz CT molecular complexity index is 1190. The van der Waals surface area contributed by atoms with Crippen molar-refractivity contribution in [3.05, 3.63) is 71.5 Å². The summed E-state index contributed by atoms with van der Waals surface area (Å²) < 4.78 is 13.4. The number of rotatable bonds is 9. The van der Waals surface area contributed by atoms with Crippen LogP contribution < -0.4 is 14.8 Å². The number of piperidine rings is 1. The second kappa shape index (κ2) is 11.7. The summed E-state index contributed by atoms with van der Waals surface area (Å²) >= 11 is 0. The van der Waals surface area contributed by atoms with Gasteiger partial charge in [-0.3, -0.25) is 9.59 Å². The van der Waals surface area contributed by atoms with Gasteiger partial charge in [0, 0.05) is 29.9 Å². The van der Waals surface area contributed by atoms with Crippen LogP contribution in [0.5, 0.6) is 11.5 Å². The van der Waals surface area contributed by atoms with Gasteiger partial charge >= 0.3 is 0 Å². The molecule has 0 bridgehead atoms. The van der Waals surface area contributed by atoms with E-state index < -0.39 is 0 Å². The number of amides is 2. The van der Waals surface area contributed by atoms with Crippen molar-refractivity contribution in [2.45, 2.75) is 46.1 Å². The quantitative estimate of drug-likeness (QED) is 0.479. The van der Waals surface area contributed by atoms with Gasteiger partial charge in [0.15, 0.2) is 18.1 Å². The molecule has 4 rings (SSSR count). The van der Waals surface area contributed by atoms with Crippen LogP contribution in [0, 0.1) is 6.92 Å². The Balaban J connectivity index is 1.42. The molecule has 0 radical (unpaired) electrons. The third-order valence-corrected chi connectivity index (χ3v) is 6.43. The number of aromatic nitrogens is 2. The molecule has 36 heavy (non-hydrogen) atoms. The van der Waals surface area contributed by atoms with Crippen LogP contribution in [0.2, 0.25) is 0 Å². The van der Waals surface area contributed by atoms with Gasteiger partial charge in [-0.2, -0.15) is 5.10 Å². The number of benzene rings is 2. The van der Waals surface area contributed by atoms with Gasteiger partial charge in [-0.15, -0.1) is 0 Å². The highest BCUT2D eigenvalue weighted by Crippen LogP contribution is 2.29. The molecule has 1 atom stereocenters. The maximum Gasteiger partial charge on any atom is 0.260 e. The van der Waals surface area contributed by atoms with Crippen molar-refractivity contribution < 1.29 is 19.1 Å². The van der Waals surface area contributed by atoms with E-state index in [4.69, 9.17) is 9.47 Å². The Labute approximate surface area is 212 Å². The Hall–Kier alpha value is -3.81. The van der Waals surface area contributed by atoms with E-state index in [1.165, 1.54) is 0 Å². The molecule has 1 N–H and O–H groups in total. The van der Waals surface area contributed by atoms with Crippen molar-refractivity contribution in [2.24, 2.45) is 0 Å². The normalized spacial score (nSPS) is 14.2. The van der Waals surface area contributed by atoms with Gasteiger partial charge in [0.2, 0.25) is 0 Å². The molecule has 1 aliphatic heterocycles. The largest absolute Gasteiger partial charge is 0.490 e. The van der Waals surface area contributed by atoms with E-state index in [1.54, 1.807) is 24.4 Å². The van der Waals surface area contributed by atoms with E-state index in [9.17, 15) is 9.59 Å². The molecule has 3 aromatic rings. The summed E-state index contributed by atoms with van der Waals surface area (Å²) in [5.41, 5.74) is 3.32. The Morgan fingerprint density at radius 1 is 1.03 bits per heavy atom. The minimum atomic E-state index is -0.247. The Morgan fingerprint density at radius 2 is 1.78 bits per heavy atom. The molecular formula is C28H34N4O4. The lowest BCUT2D eigenvalue weighted by Crippen LogP contribution is -2.38. The molecule has 1 unspecified atom stereocenters. The molecule has 1 aromatic heterocycles. The van der Waals surface area contributed by atoms with E-state index in [2.05, 4.69) is 10.4 Å². The van der Waals surface area contributed by atoms with Gasteiger partial charge in [0.05, 0.1) is 24.5 Å². The molecule has 0 aliphatic carbocycles. The van der Waals surface area contributed by atoms with Gasteiger partial charge in [-0.25, -0.2) is 4.68 Å². The fraction of sp³-hybridized carbons (Fsp3) is 0.393. The monoisotopic (exact) mass is 490 g/mol. The van der Waals surface area contributed by atoms with E-state index in [0.29, 0.717) is 23.7 Å². The fourth-order valence-electron chi connectivity index (χ4n) is 4.45. The Morgan fingerprint density at radius 3 is 2.50 bits per heavy atom. The zero-order chi connectivity index (χ0) is 25.5. The van der Waals surface area contributed by atoms with Gasteiger partial charge in [0.25, 0.3) is 11.8 Å². The topological polar surface area (TPSA) is 85.7 Å². The van der Waals surface area contributed by atoms with Crippen LogP contribution in [-0.4, -0.2) is 52.8 Å². The van der Waals surface area contributed by atoms with Crippen LogP contribution in [0.3, 0.4) is 0 Å². The first-order chi connectivity index (χ1) is 17.5. The van der Waals surface area contributed by atoms with Crippen molar-refractivity contribution in [3.8, 4) is 17.2 Å². The number of nitrogens with zero attached hydrogens (tertiary/aromatic N) is 3. The molecule has 1 aliphatic rings. The van der Waals surface area contributed by atoms with Gasteiger partial charge in [-0.1, -0.05) is 18.2 Å². The van der Waals surface area contributed by atoms with Crippen molar-refractivity contribution in [2.75, 3.05) is 26.3 Å². The highest BCUT2D eigenvalue weighted by molar-refractivity contribution is 5.95. The maximum absolute atomic E-state index is 13.1. The molecule has 8 heteroatoms. The molecule has 190 valence electrons. The second-order valence-corrected chi connectivity index (χ2v) is 8.95. The number of hydrogen-bond donors (Lipinski definition) is 1. The lowest BCUT2D eigenvalue weighted by molar-refractivity contribution is -0.134. The summed E-state index contributed by atoms with van der Waals surface area (Å²) in [4.78, 5) is 27.4. The van der Waals surface area contributed by atoms with Crippen LogP contribution in [0.1, 0.15) is 60.8 Å². The Kier molecular flexibility index (Phi) is 8.25. The van der Waals surface area contributed by atoms with Crippen molar-refractivity contribution in [3.63, 3.8) is 0 Å². The standard InChI is InChI=1S/C28H34N4O4/c1-4-35-26-17-22(13-14-25(26)36-19-27(33)31-15-9-6-10-16-31)28(34)30-20(2)24-18-29-32(21(24)3)23-11-7-5-8-12-23/h5,7-8,11-14,17-18,20H,4,6,9-10,15-16,19H2,1-3H3,(H,30,34). The zero-order valence-electron chi connectivity index (χ0n) is 21.2. The van der Waals surface area contributed by atoms with E-state index in [0.717, 1.165) is 49.3 Å². The molecule has 2 aromatic carbocycles. The summed E-state index contributed by atoms with van der Waals surface area (Å²) in [6.45, 7) is 7.71. The van der Waals surface area contributed by atoms with Crippen LogP contribution in [0.25, 0.3) is 5.69 Å². The highest BCUT2D eigenvalue weighted by Gasteiger charge is 2.20. The smallest absolute Gasteiger partial charge is 0.260 e. The number of nitrogens with one attached hydrogen (secondary N) is 1. The minimum absolute atomic E-state index is 0.0285. The van der Waals surface area contributed by atoms with E-state index >= 15 is 0 Å². The molecular weight excluding hydrogens is 456 g/mol. The minimum Gasteiger partial charge on any atom is -0.490 e. The lowest BCUT2D eigenvalue weighted by atomic mass is 10.1.